The molecule has 2 heterocycles. The normalized spacial score (nSPS) is 12.2. The molecule has 2 N–H and O–H groups in total. The zero-order valence-electron chi connectivity index (χ0n) is 13.7. The van der Waals surface area contributed by atoms with Crippen molar-refractivity contribution in [1.29, 1.82) is 0 Å². The molecule has 124 valence electrons. The van der Waals surface area contributed by atoms with E-state index in [-0.39, 0.29) is 11.9 Å². The Labute approximate surface area is 134 Å². The van der Waals surface area contributed by atoms with Crippen LogP contribution in [0.1, 0.15) is 17.5 Å². The van der Waals surface area contributed by atoms with Gasteiger partial charge in [-0.2, -0.15) is 0 Å². The monoisotopic (exact) mass is 319 g/mol. The Balaban J connectivity index is 1.93. The van der Waals surface area contributed by atoms with Crippen LogP contribution < -0.4 is 10.6 Å². The van der Waals surface area contributed by atoms with Gasteiger partial charge in [-0.15, -0.1) is 0 Å². The highest BCUT2D eigenvalue weighted by Crippen LogP contribution is 2.17. The molecule has 2 rings (SSSR count). The van der Waals surface area contributed by atoms with Crippen molar-refractivity contribution in [1.82, 2.24) is 19.9 Å². The van der Waals surface area contributed by atoms with E-state index in [1.54, 1.807) is 6.92 Å². The van der Waals surface area contributed by atoms with Crippen LogP contribution in [0.4, 0.5) is 5.82 Å². The largest absolute Gasteiger partial charge is 0.360 e. The van der Waals surface area contributed by atoms with Gasteiger partial charge < -0.3 is 14.4 Å². The fraction of sp³-hybridized carbons (Fsp3) is 0.400. The highest BCUT2D eigenvalue weighted by Gasteiger charge is 2.21. The molecular weight excluding hydrogens is 298 g/mol. The summed E-state index contributed by atoms with van der Waals surface area (Å²) in [5, 5.41) is 8.64. The Morgan fingerprint density at radius 3 is 2.65 bits per heavy atom. The number of likely N-dealkylation sites (N-methyl/N-ethyl adjacent to an activating group) is 1. The number of nitrogens with zero attached hydrogens (tertiary/aromatic N) is 3. The molecule has 0 aliphatic heterocycles. The quantitative estimate of drug-likeness (QED) is 0.791. The maximum atomic E-state index is 11.9. The van der Waals surface area contributed by atoms with Gasteiger partial charge in [0.1, 0.15) is 5.76 Å². The summed E-state index contributed by atoms with van der Waals surface area (Å²) in [7, 11) is 5.78. The van der Waals surface area contributed by atoms with Crippen LogP contribution in [0.25, 0.3) is 0 Å². The number of anilines is 1. The summed E-state index contributed by atoms with van der Waals surface area (Å²) >= 11 is 0. The second-order valence-electron chi connectivity index (χ2n) is 5.51. The molecule has 8 nitrogen and oxygen atoms in total. The minimum absolute atomic E-state index is 0.0407. The number of rotatable bonds is 5. The van der Waals surface area contributed by atoms with Gasteiger partial charge in [0.05, 0.1) is 6.04 Å². The van der Waals surface area contributed by atoms with Gasteiger partial charge in [0.2, 0.25) is 0 Å². The van der Waals surface area contributed by atoms with E-state index in [0.717, 1.165) is 5.69 Å². The number of aromatic nitrogens is 2. The van der Waals surface area contributed by atoms with Crippen LogP contribution in [-0.4, -0.2) is 47.1 Å². The molecule has 2 aromatic heterocycles. The predicted octanol–water partition coefficient (Wildman–Crippen LogP) is 0.679. The van der Waals surface area contributed by atoms with Gasteiger partial charge in [0, 0.05) is 31.5 Å². The second kappa shape index (κ2) is 7.10. The van der Waals surface area contributed by atoms with Crippen molar-refractivity contribution in [3.8, 4) is 0 Å². The van der Waals surface area contributed by atoms with Crippen LogP contribution in [0.2, 0.25) is 0 Å². The standard InChI is InChI=1S/C15H21N5O3/c1-10-8-13(18-23-10)17-15(22)14(21)16-9-12(19(2)3)11-6-5-7-20(11)4/h5-8,12H,9H2,1-4H3,(H,16,21)(H,17,18,22)/t12-/m1/s1. The lowest BCUT2D eigenvalue weighted by atomic mass is 10.2. The van der Waals surface area contributed by atoms with Gasteiger partial charge in [-0.25, -0.2) is 0 Å². The van der Waals surface area contributed by atoms with Crippen LogP contribution in [0.3, 0.4) is 0 Å². The number of carbonyl (C=O) groups excluding carboxylic acids is 2. The Bertz CT molecular complexity index is 689. The van der Waals surface area contributed by atoms with Crippen molar-refractivity contribution in [2.45, 2.75) is 13.0 Å². The summed E-state index contributed by atoms with van der Waals surface area (Å²) in [4.78, 5) is 25.7. The van der Waals surface area contributed by atoms with E-state index in [1.165, 1.54) is 6.07 Å². The molecule has 23 heavy (non-hydrogen) atoms. The number of nitrogens with one attached hydrogen (secondary N) is 2. The van der Waals surface area contributed by atoms with Gasteiger partial charge in [0.15, 0.2) is 5.82 Å². The van der Waals surface area contributed by atoms with Crippen LogP contribution in [0.15, 0.2) is 28.9 Å². The van der Waals surface area contributed by atoms with E-state index < -0.39 is 11.8 Å². The molecule has 0 fully saturated rings. The van der Waals surface area contributed by atoms with E-state index in [9.17, 15) is 9.59 Å². The second-order valence-corrected chi connectivity index (χ2v) is 5.51. The minimum atomic E-state index is -0.775. The van der Waals surface area contributed by atoms with E-state index in [2.05, 4.69) is 15.8 Å². The number of hydrogen-bond donors (Lipinski definition) is 2. The zero-order valence-corrected chi connectivity index (χ0v) is 13.7. The molecule has 0 bridgehead atoms. The number of carbonyl (C=O) groups is 2. The molecule has 0 spiro atoms. The average Bonchev–Trinajstić information content (AvgIpc) is 3.08. The first-order valence-corrected chi connectivity index (χ1v) is 7.18. The molecule has 0 aliphatic carbocycles. The smallest absolute Gasteiger partial charge is 0.314 e. The van der Waals surface area contributed by atoms with Gasteiger partial charge in [-0.1, -0.05) is 5.16 Å². The van der Waals surface area contributed by atoms with Crippen molar-refractivity contribution in [2.24, 2.45) is 7.05 Å². The highest BCUT2D eigenvalue weighted by atomic mass is 16.5. The van der Waals surface area contributed by atoms with E-state index in [0.29, 0.717) is 12.3 Å². The lowest BCUT2D eigenvalue weighted by Gasteiger charge is -2.25. The molecule has 0 radical (unpaired) electrons. The van der Waals surface area contributed by atoms with Crippen LogP contribution in [0, 0.1) is 6.92 Å². The van der Waals surface area contributed by atoms with Crippen molar-refractivity contribution >= 4 is 17.6 Å². The topological polar surface area (TPSA) is 92.4 Å². The van der Waals surface area contributed by atoms with E-state index in [1.807, 2.05) is 48.9 Å². The third-order valence-corrected chi connectivity index (χ3v) is 3.48. The first-order valence-electron chi connectivity index (χ1n) is 7.18. The summed E-state index contributed by atoms with van der Waals surface area (Å²) in [5.74, 6) is -0.722. The SMILES string of the molecule is Cc1cc(NC(=O)C(=O)NC[C@H](c2cccn2C)N(C)C)no1. The van der Waals surface area contributed by atoms with Crippen molar-refractivity contribution in [2.75, 3.05) is 26.0 Å². The molecule has 0 saturated carbocycles. The minimum Gasteiger partial charge on any atom is -0.360 e. The summed E-state index contributed by atoms with van der Waals surface area (Å²) in [6.45, 7) is 2.01. The summed E-state index contributed by atoms with van der Waals surface area (Å²) in [6, 6.07) is 5.42. The van der Waals surface area contributed by atoms with Gasteiger partial charge >= 0.3 is 11.8 Å². The first-order chi connectivity index (χ1) is 10.9. The Morgan fingerprint density at radius 2 is 2.13 bits per heavy atom. The Kier molecular flexibility index (Phi) is 5.17. The van der Waals surface area contributed by atoms with Gasteiger partial charge in [0.25, 0.3) is 0 Å². The molecule has 0 aliphatic rings. The van der Waals surface area contributed by atoms with Crippen LogP contribution in [-0.2, 0) is 16.6 Å². The molecule has 0 saturated heterocycles. The lowest BCUT2D eigenvalue weighted by molar-refractivity contribution is -0.136. The third-order valence-electron chi connectivity index (χ3n) is 3.48. The molecule has 2 amide bonds. The summed E-state index contributed by atoms with van der Waals surface area (Å²) < 4.78 is 6.81. The Hall–Kier alpha value is -2.61. The number of aryl methyl sites for hydroxylation is 2. The zero-order chi connectivity index (χ0) is 17.0. The third kappa shape index (κ3) is 4.19. The molecular formula is C15H21N5O3. The molecule has 8 heteroatoms. The molecule has 1 atom stereocenters. The van der Waals surface area contributed by atoms with E-state index in [4.69, 9.17) is 4.52 Å². The molecule has 0 aromatic carbocycles. The summed E-state index contributed by atoms with van der Waals surface area (Å²) in [6.07, 6.45) is 1.94. The van der Waals surface area contributed by atoms with Crippen molar-refractivity contribution in [3.63, 3.8) is 0 Å². The number of hydrogen-bond acceptors (Lipinski definition) is 5. The highest BCUT2D eigenvalue weighted by molar-refractivity contribution is 6.39. The Morgan fingerprint density at radius 1 is 1.39 bits per heavy atom. The van der Waals surface area contributed by atoms with Gasteiger partial charge in [-0.3, -0.25) is 19.8 Å². The van der Waals surface area contributed by atoms with Crippen LogP contribution >= 0.6 is 0 Å². The average molecular weight is 319 g/mol. The first kappa shape index (κ1) is 16.8. The fourth-order valence-electron chi connectivity index (χ4n) is 2.24. The molecule has 0 unspecified atom stereocenters. The summed E-state index contributed by atoms with van der Waals surface area (Å²) in [5.41, 5.74) is 1.04. The van der Waals surface area contributed by atoms with Crippen molar-refractivity contribution in [3.05, 3.63) is 35.9 Å². The predicted molar refractivity (Wildman–Crippen MR) is 84.7 cm³/mol. The fourth-order valence-corrected chi connectivity index (χ4v) is 2.24. The number of amides is 2. The maximum absolute atomic E-state index is 11.9. The maximum Gasteiger partial charge on any atom is 0.314 e. The lowest BCUT2D eigenvalue weighted by Crippen LogP contribution is -2.40. The van der Waals surface area contributed by atoms with E-state index >= 15 is 0 Å². The van der Waals surface area contributed by atoms with Crippen LogP contribution in [0.5, 0.6) is 0 Å². The molecule has 2 aromatic rings. The van der Waals surface area contributed by atoms with Crippen molar-refractivity contribution < 1.29 is 14.1 Å². The van der Waals surface area contributed by atoms with Gasteiger partial charge in [-0.05, 0) is 33.2 Å².